The van der Waals surface area contributed by atoms with E-state index in [4.69, 9.17) is 9.84 Å². The molecule has 0 aromatic heterocycles. The molecule has 0 bridgehead atoms. The Kier molecular flexibility index (Phi) is 4.25. The minimum absolute atomic E-state index is 0.00532. The Morgan fingerprint density at radius 1 is 1.50 bits per heavy atom. The lowest BCUT2D eigenvalue weighted by atomic mass is 10.1. The third-order valence-corrected chi connectivity index (χ3v) is 4.44. The Balaban J connectivity index is 2.80. The van der Waals surface area contributed by atoms with Crippen LogP contribution in [0.15, 0.2) is 0 Å². The number of nitrogens with zero attached hydrogens (tertiary/aromatic N) is 2. The molecule has 0 saturated carbocycles. The molecule has 1 fully saturated rings. The van der Waals surface area contributed by atoms with Crippen LogP contribution in [0.3, 0.4) is 0 Å². The van der Waals surface area contributed by atoms with E-state index in [-0.39, 0.29) is 26.2 Å². The van der Waals surface area contributed by atoms with E-state index >= 15 is 0 Å². The van der Waals surface area contributed by atoms with Crippen molar-refractivity contribution in [3.63, 3.8) is 0 Å². The molecule has 0 aromatic carbocycles. The molecule has 0 aliphatic carbocycles. The Bertz CT molecular complexity index is 355. The van der Waals surface area contributed by atoms with Crippen LogP contribution < -0.4 is 0 Å². The van der Waals surface area contributed by atoms with Gasteiger partial charge in [0.05, 0.1) is 12.5 Å². The molecule has 1 aliphatic rings. The van der Waals surface area contributed by atoms with Crippen molar-refractivity contribution in [3.8, 4) is 0 Å². The number of methoxy groups -OCH3 is 1. The summed E-state index contributed by atoms with van der Waals surface area (Å²) in [7, 11) is -0.671. The Labute approximate surface area is 94.8 Å². The van der Waals surface area contributed by atoms with Crippen LogP contribution in [0.1, 0.15) is 0 Å². The number of aliphatic carboxylic acids is 1. The molecule has 7 nitrogen and oxygen atoms in total. The molecule has 8 heteroatoms. The second kappa shape index (κ2) is 5.09. The fraction of sp³-hybridized carbons (Fsp3) is 0.875. The van der Waals surface area contributed by atoms with Gasteiger partial charge in [0.2, 0.25) is 0 Å². The van der Waals surface area contributed by atoms with E-state index in [2.05, 4.69) is 0 Å². The van der Waals surface area contributed by atoms with E-state index in [1.54, 1.807) is 0 Å². The van der Waals surface area contributed by atoms with Gasteiger partial charge in [0.15, 0.2) is 0 Å². The normalized spacial score (nSPS) is 26.8. The van der Waals surface area contributed by atoms with Gasteiger partial charge >= 0.3 is 5.97 Å². The molecule has 94 valence electrons. The molecule has 0 radical (unpaired) electrons. The maximum absolute atomic E-state index is 11.8. The number of hydrogen-bond donors (Lipinski definition) is 1. The Hall–Kier alpha value is -0.700. The lowest BCUT2D eigenvalue weighted by Crippen LogP contribution is -2.54. The maximum atomic E-state index is 11.8. The van der Waals surface area contributed by atoms with Crippen LogP contribution in [0.5, 0.6) is 0 Å². The Morgan fingerprint density at radius 2 is 2.12 bits per heavy atom. The van der Waals surface area contributed by atoms with Crippen LogP contribution >= 0.6 is 0 Å². The predicted molar refractivity (Wildman–Crippen MR) is 56.1 cm³/mol. The van der Waals surface area contributed by atoms with Crippen molar-refractivity contribution < 1.29 is 23.1 Å². The zero-order chi connectivity index (χ0) is 12.3. The number of ether oxygens (including phenoxy) is 1. The summed E-state index contributed by atoms with van der Waals surface area (Å²) >= 11 is 0. The molecule has 1 atom stereocenters. The number of rotatable bonds is 4. The molecule has 0 aromatic rings. The smallest absolute Gasteiger partial charge is 0.309 e. The van der Waals surface area contributed by atoms with Crippen LogP contribution in [0.25, 0.3) is 0 Å². The van der Waals surface area contributed by atoms with Crippen molar-refractivity contribution >= 4 is 16.2 Å². The van der Waals surface area contributed by atoms with E-state index in [1.807, 2.05) is 0 Å². The van der Waals surface area contributed by atoms with Gasteiger partial charge in [0.25, 0.3) is 10.2 Å². The van der Waals surface area contributed by atoms with Crippen LogP contribution in [0, 0.1) is 5.92 Å². The molecular formula is C8H16N2O5S. The summed E-state index contributed by atoms with van der Waals surface area (Å²) in [5, 5.41) is 8.89. The second-order valence-electron chi connectivity index (χ2n) is 3.67. The van der Waals surface area contributed by atoms with Crippen molar-refractivity contribution in [2.45, 2.75) is 0 Å². The molecule has 16 heavy (non-hydrogen) atoms. The van der Waals surface area contributed by atoms with Gasteiger partial charge < -0.3 is 9.84 Å². The van der Waals surface area contributed by atoms with E-state index in [0.717, 1.165) is 8.61 Å². The fourth-order valence-electron chi connectivity index (χ4n) is 1.56. The largest absolute Gasteiger partial charge is 0.481 e. The average molecular weight is 252 g/mol. The number of carboxylic acids is 1. The van der Waals surface area contributed by atoms with Gasteiger partial charge in [-0.05, 0) is 0 Å². The zero-order valence-electron chi connectivity index (χ0n) is 9.29. The highest BCUT2D eigenvalue weighted by molar-refractivity contribution is 7.86. The summed E-state index contributed by atoms with van der Waals surface area (Å²) < 4.78 is 30.6. The van der Waals surface area contributed by atoms with E-state index in [9.17, 15) is 13.2 Å². The van der Waals surface area contributed by atoms with Gasteiger partial charge in [-0.1, -0.05) is 0 Å². The monoisotopic (exact) mass is 252 g/mol. The third kappa shape index (κ3) is 2.70. The Morgan fingerprint density at radius 3 is 2.62 bits per heavy atom. The lowest BCUT2D eigenvalue weighted by molar-refractivity contribution is -0.142. The maximum Gasteiger partial charge on any atom is 0.309 e. The summed E-state index contributed by atoms with van der Waals surface area (Å²) in [4.78, 5) is 10.9. The molecule has 1 saturated heterocycles. The molecule has 1 heterocycles. The van der Waals surface area contributed by atoms with Crippen molar-refractivity contribution in [2.75, 3.05) is 40.4 Å². The van der Waals surface area contributed by atoms with Gasteiger partial charge in [0.1, 0.15) is 0 Å². The first-order chi connectivity index (χ1) is 7.39. The number of carboxylic acid groups (broad SMARTS) is 1. The van der Waals surface area contributed by atoms with Gasteiger partial charge in [-0.3, -0.25) is 4.79 Å². The molecule has 1 aliphatic heterocycles. The molecule has 1 N–H and O–H groups in total. The van der Waals surface area contributed by atoms with Crippen LogP contribution in [-0.2, 0) is 19.7 Å². The fourth-order valence-corrected chi connectivity index (χ4v) is 2.99. The van der Waals surface area contributed by atoms with Crippen LogP contribution in [0.4, 0.5) is 0 Å². The predicted octanol–water partition coefficient (Wildman–Crippen LogP) is -1.17. The summed E-state index contributed by atoms with van der Waals surface area (Å²) in [5.74, 6) is -1.67. The first kappa shape index (κ1) is 13.4. The van der Waals surface area contributed by atoms with Crippen LogP contribution in [-0.4, -0.2) is 68.5 Å². The second-order valence-corrected chi connectivity index (χ2v) is 5.71. The van der Waals surface area contributed by atoms with Crippen LogP contribution in [0.2, 0.25) is 0 Å². The van der Waals surface area contributed by atoms with Gasteiger partial charge in [-0.15, -0.1) is 0 Å². The standard InChI is InChI=1S/C8H16N2O5S/c1-9-5-7(8(11)12)6-10(3-4-15-2)16(9,13)14/h7H,3-6H2,1-2H3,(H,11,12). The SMILES string of the molecule is COCCN1CC(C(=O)O)CN(C)S1(=O)=O. The average Bonchev–Trinajstić information content (AvgIpc) is 2.19. The van der Waals surface area contributed by atoms with Gasteiger partial charge in [0, 0.05) is 33.8 Å². The topological polar surface area (TPSA) is 87.2 Å². The van der Waals surface area contributed by atoms with Gasteiger partial charge in [-0.2, -0.15) is 17.0 Å². The minimum atomic E-state index is -3.52. The summed E-state index contributed by atoms with van der Waals surface area (Å²) in [6.07, 6.45) is 0. The van der Waals surface area contributed by atoms with E-state index in [0.29, 0.717) is 0 Å². The van der Waals surface area contributed by atoms with Crippen molar-refractivity contribution in [1.82, 2.24) is 8.61 Å². The molecule has 0 amide bonds. The first-order valence-electron chi connectivity index (χ1n) is 4.82. The van der Waals surface area contributed by atoms with Crippen molar-refractivity contribution in [2.24, 2.45) is 5.92 Å². The quantitative estimate of drug-likeness (QED) is 0.681. The highest BCUT2D eigenvalue weighted by atomic mass is 32.2. The lowest BCUT2D eigenvalue weighted by Gasteiger charge is -2.35. The summed E-state index contributed by atoms with van der Waals surface area (Å²) in [5.41, 5.74) is 0. The number of carbonyl (C=O) groups is 1. The zero-order valence-corrected chi connectivity index (χ0v) is 10.1. The van der Waals surface area contributed by atoms with Crippen molar-refractivity contribution in [1.29, 1.82) is 0 Å². The van der Waals surface area contributed by atoms with Crippen molar-refractivity contribution in [3.05, 3.63) is 0 Å². The summed E-state index contributed by atoms with van der Waals surface area (Å²) in [6.45, 7) is 0.443. The highest BCUT2D eigenvalue weighted by Crippen LogP contribution is 2.18. The van der Waals surface area contributed by atoms with E-state index < -0.39 is 22.1 Å². The number of hydrogen-bond acceptors (Lipinski definition) is 4. The summed E-state index contributed by atoms with van der Waals surface area (Å²) in [6, 6.07) is 0. The third-order valence-electron chi connectivity index (χ3n) is 2.52. The molecule has 1 unspecified atom stereocenters. The minimum Gasteiger partial charge on any atom is -0.481 e. The molecule has 0 spiro atoms. The molecular weight excluding hydrogens is 236 g/mol. The first-order valence-corrected chi connectivity index (χ1v) is 6.22. The van der Waals surface area contributed by atoms with Gasteiger partial charge in [-0.25, -0.2) is 0 Å². The highest BCUT2D eigenvalue weighted by Gasteiger charge is 2.38. The van der Waals surface area contributed by atoms with E-state index in [1.165, 1.54) is 14.2 Å². The molecule has 1 rings (SSSR count).